The lowest BCUT2D eigenvalue weighted by Crippen LogP contribution is -2.43. The standard InChI is InChI=1S/C17H20F3N5O.ClH/c1-16(6-8-21-9-7-16)11-22-15(26)13-10-25(24-23-13)14-5-3-2-4-12(14)17(18,19)20;/h2-5,10,21H,6-9,11H2,1H3,(H,22,26);1H. The van der Waals surface area contributed by atoms with E-state index in [2.05, 4.69) is 27.9 Å². The number of rotatable bonds is 4. The number of aromatic nitrogens is 3. The molecule has 27 heavy (non-hydrogen) atoms. The van der Waals surface area contributed by atoms with Crippen LogP contribution in [0.15, 0.2) is 30.5 Å². The largest absolute Gasteiger partial charge is 0.418 e. The molecular formula is C17H21ClF3N5O. The van der Waals surface area contributed by atoms with E-state index in [1.807, 2.05) is 0 Å². The predicted molar refractivity (Wildman–Crippen MR) is 96.2 cm³/mol. The third-order valence-corrected chi connectivity index (χ3v) is 4.67. The Bertz CT molecular complexity index is 787. The molecule has 2 N–H and O–H groups in total. The second-order valence-electron chi connectivity index (χ2n) is 6.81. The number of amides is 1. The monoisotopic (exact) mass is 403 g/mol. The minimum Gasteiger partial charge on any atom is -0.350 e. The zero-order valence-electron chi connectivity index (χ0n) is 14.7. The fourth-order valence-corrected chi connectivity index (χ4v) is 2.99. The summed E-state index contributed by atoms with van der Waals surface area (Å²) in [4.78, 5) is 12.3. The molecule has 1 saturated heterocycles. The molecule has 0 unspecified atom stereocenters. The summed E-state index contributed by atoms with van der Waals surface area (Å²) in [5, 5.41) is 13.5. The van der Waals surface area contributed by atoms with E-state index < -0.39 is 17.6 Å². The first-order valence-electron chi connectivity index (χ1n) is 8.36. The van der Waals surface area contributed by atoms with E-state index in [0.29, 0.717) is 6.54 Å². The lowest BCUT2D eigenvalue weighted by Gasteiger charge is -2.33. The van der Waals surface area contributed by atoms with Gasteiger partial charge in [0.2, 0.25) is 0 Å². The van der Waals surface area contributed by atoms with Gasteiger partial charge in [-0.25, -0.2) is 4.68 Å². The summed E-state index contributed by atoms with van der Waals surface area (Å²) in [6, 6.07) is 5.03. The molecule has 148 valence electrons. The predicted octanol–water partition coefficient (Wildman–Crippen LogP) is 2.83. The van der Waals surface area contributed by atoms with Crippen molar-refractivity contribution in [3.8, 4) is 5.69 Å². The molecule has 0 radical (unpaired) electrons. The van der Waals surface area contributed by atoms with Gasteiger partial charge >= 0.3 is 6.18 Å². The highest BCUT2D eigenvalue weighted by atomic mass is 35.5. The number of piperidine rings is 1. The first kappa shape index (κ1) is 21.2. The Labute approximate surface area is 160 Å². The molecule has 1 aliphatic heterocycles. The fourth-order valence-electron chi connectivity index (χ4n) is 2.99. The molecule has 1 aliphatic rings. The van der Waals surface area contributed by atoms with Crippen molar-refractivity contribution in [3.63, 3.8) is 0 Å². The SMILES string of the molecule is CC1(CNC(=O)c2cn(-c3ccccc3C(F)(F)F)nn2)CCNCC1.Cl. The first-order valence-corrected chi connectivity index (χ1v) is 8.36. The third-order valence-electron chi connectivity index (χ3n) is 4.67. The molecule has 0 saturated carbocycles. The van der Waals surface area contributed by atoms with E-state index >= 15 is 0 Å². The molecule has 1 aromatic carbocycles. The van der Waals surface area contributed by atoms with Crippen LogP contribution in [0, 0.1) is 5.41 Å². The summed E-state index contributed by atoms with van der Waals surface area (Å²) < 4.78 is 40.3. The summed E-state index contributed by atoms with van der Waals surface area (Å²) in [6.45, 7) is 4.39. The van der Waals surface area contributed by atoms with Crippen LogP contribution in [0.3, 0.4) is 0 Å². The molecule has 6 nitrogen and oxygen atoms in total. The Kier molecular flexibility index (Phi) is 6.48. The van der Waals surface area contributed by atoms with E-state index in [9.17, 15) is 18.0 Å². The van der Waals surface area contributed by atoms with Gasteiger partial charge in [-0.2, -0.15) is 13.2 Å². The van der Waals surface area contributed by atoms with Gasteiger partial charge in [0, 0.05) is 6.54 Å². The first-order chi connectivity index (χ1) is 12.3. The Morgan fingerprint density at radius 2 is 1.96 bits per heavy atom. The van der Waals surface area contributed by atoms with Crippen LogP contribution >= 0.6 is 12.4 Å². The second kappa shape index (κ2) is 8.26. The van der Waals surface area contributed by atoms with Gasteiger partial charge in [-0.05, 0) is 43.5 Å². The van der Waals surface area contributed by atoms with Crippen molar-refractivity contribution in [2.75, 3.05) is 19.6 Å². The molecule has 1 aromatic heterocycles. The molecule has 0 spiro atoms. The van der Waals surface area contributed by atoms with E-state index in [0.717, 1.165) is 36.7 Å². The molecule has 1 amide bonds. The minimum absolute atomic E-state index is 0. The zero-order valence-corrected chi connectivity index (χ0v) is 15.5. The number of benzene rings is 1. The topological polar surface area (TPSA) is 71.8 Å². The van der Waals surface area contributed by atoms with E-state index in [1.54, 1.807) is 0 Å². The van der Waals surface area contributed by atoms with Crippen molar-refractivity contribution < 1.29 is 18.0 Å². The van der Waals surface area contributed by atoms with Gasteiger partial charge < -0.3 is 10.6 Å². The molecule has 0 bridgehead atoms. The van der Waals surface area contributed by atoms with Gasteiger partial charge in [-0.1, -0.05) is 24.3 Å². The Hall–Kier alpha value is -2.13. The van der Waals surface area contributed by atoms with E-state index in [1.165, 1.54) is 24.4 Å². The summed E-state index contributed by atoms with van der Waals surface area (Å²) >= 11 is 0. The van der Waals surface area contributed by atoms with Gasteiger partial charge in [0.25, 0.3) is 5.91 Å². The van der Waals surface area contributed by atoms with Gasteiger partial charge in [0.05, 0.1) is 17.4 Å². The van der Waals surface area contributed by atoms with Gasteiger partial charge in [0.15, 0.2) is 5.69 Å². The Morgan fingerprint density at radius 1 is 1.30 bits per heavy atom. The number of alkyl halides is 3. The maximum absolute atomic E-state index is 13.1. The van der Waals surface area contributed by atoms with Crippen LogP contribution in [-0.2, 0) is 6.18 Å². The number of nitrogens with zero attached hydrogens (tertiary/aromatic N) is 3. The van der Waals surface area contributed by atoms with Crippen LogP contribution in [0.25, 0.3) is 5.69 Å². The smallest absolute Gasteiger partial charge is 0.350 e. The number of hydrogen-bond acceptors (Lipinski definition) is 4. The molecule has 2 aromatic rings. The van der Waals surface area contributed by atoms with Gasteiger partial charge in [-0.15, -0.1) is 17.5 Å². The van der Waals surface area contributed by atoms with Crippen molar-refractivity contribution in [1.82, 2.24) is 25.6 Å². The van der Waals surface area contributed by atoms with Crippen molar-refractivity contribution >= 4 is 18.3 Å². The van der Waals surface area contributed by atoms with Crippen LogP contribution in [0.5, 0.6) is 0 Å². The van der Waals surface area contributed by atoms with Crippen molar-refractivity contribution in [2.45, 2.75) is 25.9 Å². The average Bonchev–Trinajstić information content (AvgIpc) is 3.10. The summed E-state index contributed by atoms with van der Waals surface area (Å²) in [7, 11) is 0. The summed E-state index contributed by atoms with van der Waals surface area (Å²) in [5.41, 5.74) is -1.02. The summed E-state index contributed by atoms with van der Waals surface area (Å²) in [5.74, 6) is -0.444. The number of para-hydroxylation sites is 1. The van der Waals surface area contributed by atoms with Crippen LogP contribution in [-0.4, -0.2) is 40.5 Å². The third kappa shape index (κ3) is 4.98. The molecule has 2 heterocycles. The minimum atomic E-state index is -4.52. The highest BCUT2D eigenvalue weighted by Gasteiger charge is 2.34. The van der Waals surface area contributed by atoms with Crippen LogP contribution in [0.4, 0.5) is 13.2 Å². The normalized spacial score (nSPS) is 16.4. The van der Waals surface area contributed by atoms with Crippen molar-refractivity contribution in [3.05, 3.63) is 41.7 Å². The van der Waals surface area contributed by atoms with Gasteiger partial charge in [0.1, 0.15) is 0 Å². The van der Waals surface area contributed by atoms with Crippen LogP contribution < -0.4 is 10.6 Å². The van der Waals surface area contributed by atoms with Gasteiger partial charge in [-0.3, -0.25) is 4.79 Å². The van der Waals surface area contributed by atoms with Crippen LogP contribution in [0.1, 0.15) is 35.8 Å². The number of carbonyl (C=O) groups is 1. The zero-order chi connectivity index (χ0) is 18.8. The second-order valence-corrected chi connectivity index (χ2v) is 6.81. The molecule has 1 fully saturated rings. The van der Waals surface area contributed by atoms with E-state index in [-0.39, 0.29) is 29.2 Å². The lowest BCUT2D eigenvalue weighted by molar-refractivity contribution is -0.137. The molecule has 3 rings (SSSR count). The maximum Gasteiger partial charge on any atom is 0.418 e. The molecule has 10 heteroatoms. The van der Waals surface area contributed by atoms with Crippen LogP contribution in [0.2, 0.25) is 0 Å². The Morgan fingerprint density at radius 3 is 2.63 bits per heavy atom. The van der Waals surface area contributed by atoms with Crippen molar-refractivity contribution in [1.29, 1.82) is 0 Å². The fraction of sp³-hybridized carbons (Fsp3) is 0.471. The van der Waals surface area contributed by atoms with E-state index in [4.69, 9.17) is 0 Å². The molecular weight excluding hydrogens is 383 g/mol. The molecule has 0 atom stereocenters. The molecule has 0 aliphatic carbocycles. The number of halogens is 4. The summed E-state index contributed by atoms with van der Waals surface area (Å²) in [6.07, 6.45) is -1.42. The highest BCUT2D eigenvalue weighted by Crippen LogP contribution is 2.33. The lowest BCUT2D eigenvalue weighted by atomic mass is 9.81. The number of nitrogens with one attached hydrogen (secondary N) is 2. The average molecular weight is 404 g/mol. The number of carbonyl (C=O) groups excluding carboxylic acids is 1. The number of hydrogen-bond donors (Lipinski definition) is 2. The highest BCUT2D eigenvalue weighted by molar-refractivity contribution is 5.91. The Balaban J connectivity index is 0.00000261. The van der Waals surface area contributed by atoms with Crippen molar-refractivity contribution in [2.24, 2.45) is 5.41 Å². The quantitative estimate of drug-likeness (QED) is 0.823. The maximum atomic E-state index is 13.1.